The van der Waals surface area contributed by atoms with Crippen molar-refractivity contribution in [2.24, 2.45) is 0 Å². The molecule has 0 aliphatic carbocycles. The summed E-state index contributed by atoms with van der Waals surface area (Å²) in [5.41, 5.74) is 2.56. The molecule has 3 aromatic rings. The molecule has 6 nitrogen and oxygen atoms in total. The Morgan fingerprint density at radius 2 is 1.85 bits per heavy atom. The molecule has 26 heavy (non-hydrogen) atoms. The number of rotatable bonds is 3. The number of nitrogens with zero attached hydrogens (tertiary/aromatic N) is 4. The van der Waals surface area contributed by atoms with Crippen molar-refractivity contribution in [3.05, 3.63) is 64.4 Å². The Hall–Kier alpha value is -3.02. The fourth-order valence-corrected chi connectivity index (χ4v) is 3.46. The molecular formula is C20H20N4O2. The maximum atomic E-state index is 12.8. The van der Waals surface area contributed by atoms with E-state index in [4.69, 9.17) is 0 Å². The molecule has 132 valence electrons. The van der Waals surface area contributed by atoms with Gasteiger partial charge in [-0.25, -0.2) is 4.68 Å². The van der Waals surface area contributed by atoms with Gasteiger partial charge in [-0.3, -0.25) is 9.59 Å². The summed E-state index contributed by atoms with van der Waals surface area (Å²) in [6.07, 6.45) is 3.28. The van der Waals surface area contributed by atoms with Gasteiger partial charge in [0.05, 0.1) is 11.9 Å². The molecule has 0 saturated carbocycles. The summed E-state index contributed by atoms with van der Waals surface area (Å²) in [4.78, 5) is 27.2. The van der Waals surface area contributed by atoms with Crippen LogP contribution in [0.4, 0.5) is 5.69 Å². The van der Waals surface area contributed by atoms with Gasteiger partial charge in [-0.1, -0.05) is 35.5 Å². The van der Waals surface area contributed by atoms with Gasteiger partial charge >= 0.3 is 0 Å². The van der Waals surface area contributed by atoms with Crippen molar-refractivity contribution in [2.45, 2.75) is 32.2 Å². The number of hydrogen-bond acceptors (Lipinski definition) is 4. The van der Waals surface area contributed by atoms with E-state index in [0.29, 0.717) is 17.4 Å². The molecule has 1 aromatic heterocycles. The third kappa shape index (κ3) is 3.10. The number of benzene rings is 2. The fraction of sp³-hybridized carbons (Fsp3) is 0.300. The van der Waals surface area contributed by atoms with Crippen LogP contribution >= 0.6 is 0 Å². The van der Waals surface area contributed by atoms with E-state index < -0.39 is 0 Å². The number of carbonyl (C=O) groups excluding carboxylic acids is 1. The molecule has 0 saturated heterocycles. The Kier molecular flexibility index (Phi) is 4.48. The van der Waals surface area contributed by atoms with Crippen LogP contribution in [0.15, 0.2) is 53.3 Å². The summed E-state index contributed by atoms with van der Waals surface area (Å²) in [7, 11) is 0. The molecule has 4 rings (SSSR count). The number of aromatic nitrogens is 3. The Morgan fingerprint density at radius 3 is 2.77 bits per heavy atom. The molecule has 0 spiro atoms. The topological polar surface area (TPSA) is 68.1 Å². The van der Waals surface area contributed by atoms with Crippen LogP contribution in [0.1, 0.15) is 24.8 Å². The van der Waals surface area contributed by atoms with Crippen LogP contribution in [0.2, 0.25) is 0 Å². The van der Waals surface area contributed by atoms with Gasteiger partial charge < -0.3 is 4.90 Å². The lowest BCUT2D eigenvalue weighted by atomic mass is 10.1. The summed E-state index contributed by atoms with van der Waals surface area (Å²) in [5, 5.41) is 8.56. The van der Waals surface area contributed by atoms with Crippen molar-refractivity contribution in [1.82, 2.24) is 15.0 Å². The number of hydrogen-bond donors (Lipinski definition) is 0. The van der Waals surface area contributed by atoms with Crippen LogP contribution in [0.3, 0.4) is 0 Å². The average Bonchev–Trinajstić information content (AvgIpc) is 2.90. The number of amides is 1. The lowest BCUT2D eigenvalue weighted by Gasteiger charge is -2.23. The molecule has 0 bridgehead atoms. The molecule has 0 radical (unpaired) electrons. The maximum absolute atomic E-state index is 12.8. The number of aryl methyl sites for hydroxylation is 2. The third-order valence-electron chi connectivity index (χ3n) is 4.83. The third-order valence-corrected chi connectivity index (χ3v) is 4.83. The molecule has 2 aromatic carbocycles. The summed E-state index contributed by atoms with van der Waals surface area (Å²) in [6.45, 7) is 0.947. The van der Waals surface area contributed by atoms with E-state index in [1.54, 1.807) is 18.2 Å². The molecule has 2 heterocycles. The molecule has 1 amide bonds. The van der Waals surface area contributed by atoms with Gasteiger partial charge in [0.25, 0.3) is 5.56 Å². The monoisotopic (exact) mass is 348 g/mol. The SMILES string of the molecule is O=C(CCn1nnc2ccccc2c1=O)N1CCCCc2ccccc21. The molecule has 1 aliphatic rings. The van der Waals surface area contributed by atoms with E-state index in [-0.39, 0.29) is 24.4 Å². The van der Waals surface area contributed by atoms with E-state index in [0.717, 1.165) is 24.9 Å². The van der Waals surface area contributed by atoms with Gasteiger partial charge in [-0.15, -0.1) is 5.10 Å². The zero-order valence-electron chi connectivity index (χ0n) is 14.5. The second kappa shape index (κ2) is 7.07. The maximum Gasteiger partial charge on any atom is 0.277 e. The highest BCUT2D eigenvalue weighted by Crippen LogP contribution is 2.26. The van der Waals surface area contributed by atoms with Crippen LogP contribution in [0.25, 0.3) is 10.9 Å². The highest BCUT2D eigenvalue weighted by atomic mass is 16.2. The van der Waals surface area contributed by atoms with E-state index in [1.807, 2.05) is 29.2 Å². The average molecular weight is 348 g/mol. The predicted octanol–water partition coefficient (Wildman–Crippen LogP) is 2.55. The minimum Gasteiger partial charge on any atom is -0.312 e. The first-order chi connectivity index (χ1) is 12.7. The van der Waals surface area contributed by atoms with Gasteiger partial charge in [0.1, 0.15) is 5.52 Å². The van der Waals surface area contributed by atoms with Gasteiger partial charge in [-0.2, -0.15) is 0 Å². The Labute approximate surface area is 151 Å². The molecule has 0 fully saturated rings. The van der Waals surface area contributed by atoms with E-state index in [9.17, 15) is 9.59 Å². The number of anilines is 1. The molecule has 0 unspecified atom stereocenters. The van der Waals surface area contributed by atoms with Crippen LogP contribution in [-0.2, 0) is 17.8 Å². The first-order valence-electron chi connectivity index (χ1n) is 8.95. The molecule has 6 heteroatoms. The second-order valence-electron chi connectivity index (χ2n) is 6.52. The fourth-order valence-electron chi connectivity index (χ4n) is 3.46. The van der Waals surface area contributed by atoms with Crippen molar-refractivity contribution in [3.8, 4) is 0 Å². The predicted molar refractivity (Wildman–Crippen MR) is 100 cm³/mol. The van der Waals surface area contributed by atoms with Crippen molar-refractivity contribution < 1.29 is 4.79 Å². The molecule has 0 atom stereocenters. The normalized spacial score (nSPS) is 14.1. The zero-order chi connectivity index (χ0) is 17.9. The second-order valence-corrected chi connectivity index (χ2v) is 6.52. The Bertz CT molecular complexity index is 1010. The summed E-state index contributed by atoms with van der Waals surface area (Å²) < 4.78 is 1.28. The first-order valence-corrected chi connectivity index (χ1v) is 8.95. The van der Waals surface area contributed by atoms with Crippen LogP contribution in [-0.4, -0.2) is 27.4 Å². The number of para-hydroxylation sites is 1. The minimum atomic E-state index is -0.209. The lowest BCUT2D eigenvalue weighted by Crippen LogP contribution is -2.34. The van der Waals surface area contributed by atoms with Crippen molar-refractivity contribution >= 4 is 22.5 Å². The quantitative estimate of drug-likeness (QED) is 0.729. The highest BCUT2D eigenvalue weighted by Gasteiger charge is 2.21. The summed E-state index contributed by atoms with van der Waals surface area (Å²) >= 11 is 0. The number of carbonyl (C=O) groups is 1. The van der Waals surface area contributed by atoms with E-state index in [1.165, 1.54) is 10.2 Å². The van der Waals surface area contributed by atoms with Gasteiger partial charge in [0, 0.05) is 18.7 Å². The largest absolute Gasteiger partial charge is 0.312 e. The summed E-state index contributed by atoms with van der Waals surface area (Å²) in [6, 6.07) is 15.2. The van der Waals surface area contributed by atoms with Crippen LogP contribution in [0.5, 0.6) is 0 Å². The molecule has 1 aliphatic heterocycles. The van der Waals surface area contributed by atoms with E-state index in [2.05, 4.69) is 16.4 Å². The molecule has 0 N–H and O–H groups in total. The molecular weight excluding hydrogens is 328 g/mol. The smallest absolute Gasteiger partial charge is 0.277 e. The van der Waals surface area contributed by atoms with Crippen LogP contribution in [0, 0.1) is 0 Å². The Balaban J connectivity index is 1.54. The van der Waals surface area contributed by atoms with Crippen molar-refractivity contribution in [1.29, 1.82) is 0 Å². The highest BCUT2D eigenvalue weighted by molar-refractivity contribution is 5.94. The standard InChI is InChI=1S/C20H20N4O2/c25-19(23-13-6-5-8-15-7-1-4-11-18(15)23)12-14-24-20(26)16-9-2-3-10-17(16)21-22-24/h1-4,7,9-11H,5-6,8,12-14H2. The van der Waals surface area contributed by atoms with Crippen molar-refractivity contribution in [2.75, 3.05) is 11.4 Å². The van der Waals surface area contributed by atoms with E-state index >= 15 is 0 Å². The van der Waals surface area contributed by atoms with Gasteiger partial charge in [-0.05, 0) is 43.0 Å². The minimum absolute atomic E-state index is 0.0150. The van der Waals surface area contributed by atoms with Gasteiger partial charge in [0.2, 0.25) is 5.91 Å². The lowest BCUT2D eigenvalue weighted by molar-refractivity contribution is -0.118. The van der Waals surface area contributed by atoms with Gasteiger partial charge in [0.15, 0.2) is 0 Å². The first kappa shape index (κ1) is 16.4. The van der Waals surface area contributed by atoms with Crippen molar-refractivity contribution in [3.63, 3.8) is 0 Å². The number of fused-ring (bicyclic) bond motifs is 2. The zero-order valence-corrected chi connectivity index (χ0v) is 14.5. The Morgan fingerprint density at radius 1 is 1.04 bits per heavy atom. The van der Waals surface area contributed by atoms with Crippen LogP contribution < -0.4 is 10.5 Å². The summed E-state index contributed by atoms with van der Waals surface area (Å²) in [5.74, 6) is 0.0150.